The van der Waals surface area contributed by atoms with Crippen LogP contribution in [0.5, 0.6) is 11.5 Å². The summed E-state index contributed by atoms with van der Waals surface area (Å²) in [7, 11) is 1.62. The molecule has 1 aliphatic carbocycles. The van der Waals surface area contributed by atoms with Crippen LogP contribution >= 0.6 is 0 Å². The molecule has 1 saturated carbocycles. The SMILES string of the molecule is COc1cccc2c1OC1(N3CCOCC3)CCCCC1C2C[N+](=O)[O-]. The van der Waals surface area contributed by atoms with Crippen LogP contribution in [0.1, 0.15) is 37.2 Å². The third-order valence-electron chi connectivity index (χ3n) is 6.16. The summed E-state index contributed by atoms with van der Waals surface area (Å²) in [5.74, 6) is 1.30. The van der Waals surface area contributed by atoms with Gasteiger partial charge in [0, 0.05) is 35.9 Å². The minimum absolute atomic E-state index is 0.0692. The summed E-state index contributed by atoms with van der Waals surface area (Å²) >= 11 is 0. The Balaban J connectivity index is 1.83. The minimum atomic E-state index is -0.496. The predicted octanol–water partition coefficient (Wildman–Crippen LogP) is 2.67. The number of morpholine rings is 1. The van der Waals surface area contributed by atoms with Gasteiger partial charge in [-0.15, -0.1) is 0 Å². The number of ether oxygens (including phenoxy) is 3. The highest BCUT2D eigenvalue weighted by molar-refractivity contribution is 5.51. The maximum atomic E-state index is 11.5. The standard InChI is InChI=1S/C19H26N2O5/c1-24-17-7-4-5-14-15(13-21(22)23)16-6-2-3-8-19(16,26-18(14)17)20-9-11-25-12-10-20/h4-5,7,15-16H,2-3,6,8-13H2,1H3. The zero-order chi connectivity index (χ0) is 18.1. The molecule has 1 aromatic rings. The Hall–Kier alpha value is -1.86. The average Bonchev–Trinajstić information content (AvgIpc) is 2.67. The lowest BCUT2D eigenvalue weighted by atomic mass is 9.68. The van der Waals surface area contributed by atoms with E-state index >= 15 is 0 Å². The van der Waals surface area contributed by atoms with Gasteiger partial charge < -0.3 is 14.2 Å². The molecule has 7 nitrogen and oxygen atoms in total. The van der Waals surface area contributed by atoms with Crippen molar-refractivity contribution in [3.8, 4) is 11.5 Å². The van der Waals surface area contributed by atoms with Crippen molar-refractivity contribution < 1.29 is 19.1 Å². The molecule has 0 spiro atoms. The van der Waals surface area contributed by atoms with E-state index in [1.807, 2.05) is 18.2 Å². The summed E-state index contributed by atoms with van der Waals surface area (Å²) in [6, 6.07) is 5.74. The van der Waals surface area contributed by atoms with Crippen molar-refractivity contribution in [1.29, 1.82) is 0 Å². The zero-order valence-corrected chi connectivity index (χ0v) is 15.2. The van der Waals surface area contributed by atoms with Gasteiger partial charge in [-0.05, 0) is 18.9 Å². The van der Waals surface area contributed by atoms with E-state index < -0.39 is 5.72 Å². The molecule has 0 N–H and O–H groups in total. The molecular weight excluding hydrogens is 336 g/mol. The van der Waals surface area contributed by atoms with Gasteiger partial charge in [0.1, 0.15) is 0 Å². The Morgan fingerprint density at radius 2 is 2.15 bits per heavy atom. The summed E-state index contributed by atoms with van der Waals surface area (Å²) in [5.41, 5.74) is 0.418. The molecule has 1 aromatic carbocycles. The van der Waals surface area contributed by atoms with Crippen molar-refractivity contribution in [3.05, 3.63) is 33.9 Å². The zero-order valence-electron chi connectivity index (χ0n) is 15.2. The van der Waals surface area contributed by atoms with Crippen molar-refractivity contribution in [1.82, 2.24) is 4.90 Å². The van der Waals surface area contributed by atoms with Crippen molar-refractivity contribution in [2.24, 2.45) is 5.92 Å². The Labute approximate surface area is 153 Å². The highest BCUT2D eigenvalue weighted by atomic mass is 16.6. The molecule has 3 aliphatic rings. The van der Waals surface area contributed by atoms with E-state index in [9.17, 15) is 10.1 Å². The molecule has 0 amide bonds. The van der Waals surface area contributed by atoms with E-state index in [0.29, 0.717) is 24.7 Å². The minimum Gasteiger partial charge on any atom is -0.493 e. The fraction of sp³-hybridized carbons (Fsp3) is 0.684. The second-order valence-corrected chi connectivity index (χ2v) is 7.40. The molecule has 1 saturated heterocycles. The molecule has 26 heavy (non-hydrogen) atoms. The summed E-state index contributed by atoms with van der Waals surface area (Å²) in [4.78, 5) is 13.7. The van der Waals surface area contributed by atoms with Crippen LogP contribution in [0.2, 0.25) is 0 Å². The number of para-hydroxylation sites is 1. The first kappa shape index (κ1) is 17.5. The van der Waals surface area contributed by atoms with E-state index in [2.05, 4.69) is 4.90 Å². The molecule has 0 radical (unpaired) electrons. The molecule has 3 unspecified atom stereocenters. The molecular formula is C19H26N2O5. The van der Waals surface area contributed by atoms with E-state index in [1.165, 1.54) is 0 Å². The number of benzene rings is 1. The molecule has 2 fully saturated rings. The van der Waals surface area contributed by atoms with E-state index in [-0.39, 0.29) is 23.3 Å². The first-order chi connectivity index (χ1) is 12.7. The van der Waals surface area contributed by atoms with Gasteiger partial charge in [-0.25, -0.2) is 0 Å². The normalized spacial score (nSPS) is 31.4. The van der Waals surface area contributed by atoms with Gasteiger partial charge in [0.05, 0.1) is 26.2 Å². The molecule has 7 heteroatoms. The Kier molecular flexibility index (Phi) is 4.75. The average molecular weight is 362 g/mol. The van der Waals surface area contributed by atoms with Crippen LogP contribution in [0.15, 0.2) is 18.2 Å². The van der Waals surface area contributed by atoms with Gasteiger partial charge in [0.25, 0.3) is 0 Å². The number of nitro groups is 1. The highest BCUT2D eigenvalue weighted by Gasteiger charge is 2.56. The summed E-state index contributed by atoms with van der Waals surface area (Å²) < 4.78 is 17.8. The van der Waals surface area contributed by atoms with Gasteiger partial charge >= 0.3 is 0 Å². The highest BCUT2D eigenvalue weighted by Crippen LogP contribution is 2.55. The maximum absolute atomic E-state index is 11.5. The number of methoxy groups -OCH3 is 1. The number of nitrogens with zero attached hydrogens (tertiary/aromatic N) is 2. The second kappa shape index (κ2) is 7.04. The summed E-state index contributed by atoms with van der Waals surface area (Å²) in [6.45, 7) is 2.88. The lowest BCUT2D eigenvalue weighted by Crippen LogP contribution is -2.65. The predicted molar refractivity (Wildman–Crippen MR) is 95.3 cm³/mol. The van der Waals surface area contributed by atoms with Crippen molar-refractivity contribution in [2.75, 3.05) is 40.0 Å². The summed E-state index contributed by atoms with van der Waals surface area (Å²) in [6.07, 6.45) is 4.01. The number of hydrogen-bond donors (Lipinski definition) is 0. The van der Waals surface area contributed by atoms with Gasteiger partial charge in [-0.3, -0.25) is 15.0 Å². The molecule has 142 valence electrons. The molecule has 2 aliphatic heterocycles. The smallest absolute Gasteiger partial charge is 0.211 e. The third-order valence-corrected chi connectivity index (χ3v) is 6.16. The number of fused-ring (bicyclic) bond motifs is 2. The van der Waals surface area contributed by atoms with E-state index in [1.54, 1.807) is 7.11 Å². The lowest BCUT2D eigenvalue weighted by Gasteiger charge is -2.56. The van der Waals surface area contributed by atoms with Crippen LogP contribution < -0.4 is 9.47 Å². The van der Waals surface area contributed by atoms with Crippen molar-refractivity contribution in [3.63, 3.8) is 0 Å². The maximum Gasteiger partial charge on any atom is 0.211 e. The lowest BCUT2D eigenvalue weighted by molar-refractivity contribution is -0.487. The number of hydrogen-bond acceptors (Lipinski definition) is 6. The van der Waals surface area contributed by atoms with E-state index in [0.717, 1.165) is 44.3 Å². The summed E-state index contributed by atoms with van der Waals surface area (Å²) in [5, 5.41) is 11.5. The fourth-order valence-corrected chi connectivity index (χ4v) is 5.07. The molecule has 3 atom stereocenters. The van der Waals surface area contributed by atoms with Crippen molar-refractivity contribution >= 4 is 0 Å². The Morgan fingerprint density at radius 1 is 1.35 bits per heavy atom. The molecule has 0 bridgehead atoms. The molecule has 4 rings (SSSR count). The van der Waals surface area contributed by atoms with Gasteiger partial charge in [0.2, 0.25) is 6.54 Å². The number of rotatable bonds is 4. The first-order valence-electron chi connectivity index (χ1n) is 9.46. The van der Waals surface area contributed by atoms with Crippen LogP contribution in [0, 0.1) is 16.0 Å². The third kappa shape index (κ3) is 2.83. The second-order valence-electron chi connectivity index (χ2n) is 7.40. The van der Waals surface area contributed by atoms with Crippen LogP contribution in [0.25, 0.3) is 0 Å². The first-order valence-corrected chi connectivity index (χ1v) is 9.46. The largest absolute Gasteiger partial charge is 0.493 e. The fourth-order valence-electron chi connectivity index (χ4n) is 5.07. The molecule has 0 aromatic heterocycles. The van der Waals surface area contributed by atoms with Crippen LogP contribution in [0.3, 0.4) is 0 Å². The van der Waals surface area contributed by atoms with Crippen LogP contribution in [-0.2, 0) is 4.74 Å². The topological polar surface area (TPSA) is 74.1 Å². The van der Waals surface area contributed by atoms with Crippen LogP contribution in [0.4, 0.5) is 0 Å². The Bertz CT molecular complexity index is 676. The Morgan fingerprint density at radius 3 is 2.88 bits per heavy atom. The quantitative estimate of drug-likeness (QED) is 0.606. The van der Waals surface area contributed by atoms with Crippen molar-refractivity contribution in [2.45, 2.75) is 37.3 Å². The monoisotopic (exact) mass is 362 g/mol. The molecule has 2 heterocycles. The van der Waals surface area contributed by atoms with Gasteiger partial charge in [-0.1, -0.05) is 18.6 Å². The van der Waals surface area contributed by atoms with Gasteiger partial charge in [0.15, 0.2) is 17.2 Å². The van der Waals surface area contributed by atoms with Gasteiger partial charge in [-0.2, -0.15) is 0 Å². The van der Waals surface area contributed by atoms with Crippen LogP contribution in [-0.4, -0.2) is 55.5 Å². The van der Waals surface area contributed by atoms with E-state index in [4.69, 9.17) is 14.2 Å².